The van der Waals surface area contributed by atoms with Gasteiger partial charge in [-0.25, -0.2) is 4.79 Å². The van der Waals surface area contributed by atoms with Gasteiger partial charge < -0.3 is 15.2 Å². The number of rotatable bonds is 2. The highest BCUT2D eigenvalue weighted by Gasteiger charge is 2.40. The smallest absolute Gasteiger partial charge is 0.411 e. The Bertz CT molecular complexity index is 647. The van der Waals surface area contributed by atoms with Crippen LogP contribution in [-0.4, -0.2) is 46.3 Å². The van der Waals surface area contributed by atoms with Crippen molar-refractivity contribution in [2.45, 2.75) is 44.9 Å². The average molecular weight is 420 g/mol. The summed E-state index contributed by atoms with van der Waals surface area (Å²) < 4.78 is 5.96. The molecule has 132 valence electrons. The van der Waals surface area contributed by atoms with E-state index in [0.717, 1.165) is 0 Å². The second-order valence-corrected chi connectivity index (χ2v) is 7.92. The number of aliphatic hydroxyl groups excluding tert-OH is 1. The van der Waals surface area contributed by atoms with Crippen molar-refractivity contribution >= 4 is 45.2 Å². The molecule has 1 aliphatic heterocycles. The molecule has 8 heteroatoms. The second kappa shape index (κ2) is 7.29. The van der Waals surface area contributed by atoms with Crippen molar-refractivity contribution in [1.29, 1.82) is 0 Å². The largest absolute Gasteiger partial charge is 0.444 e. The van der Waals surface area contributed by atoms with Crippen molar-refractivity contribution < 1.29 is 19.4 Å². The van der Waals surface area contributed by atoms with Gasteiger partial charge in [0, 0.05) is 16.6 Å². The summed E-state index contributed by atoms with van der Waals surface area (Å²) in [6.07, 6.45) is -1.21. The molecule has 0 radical (unpaired) electrons. The fourth-order valence-electron chi connectivity index (χ4n) is 2.38. The SMILES string of the molecule is CC(C)(C)OC(=O)N1CC(O)C[C@H]1C(=O)Nc1ccc(Cl)c(Br)c1. The van der Waals surface area contributed by atoms with Crippen molar-refractivity contribution in [2.24, 2.45) is 0 Å². The molecule has 0 spiro atoms. The number of ether oxygens (including phenoxy) is 1. The highest BCUT2D eigenvalue weighted by atomic mass is 79.9. The van der Waals surface area contributed by atoms with Crippen LogP contribution in [0.25, 0.3) is 0 Å². The van der Waals surface area contributed by atoms with Gasteiger partial charge in [0.2, 0.25) is 5.91 Å². The first kappa shape index (κ1) is 19.0. The van der Waals surface area contributed by atoms with Crippen molar-refractivity contribution in [2.75, 3.05) is 11.9 Å². The summed E-state index contributed by atoms with van der Waals surface area (Å²) in [5, 5.41) is 13.1. The van der Waals surface area contributed by atoms with Crippen molar-refractivity contribution in [1.82, 2.24) is 4.90 Å². The number of benzene rings is 1. The summed E-state index contributed by atoms with van der Waals surface area (Å²) in [7, 11) is 0. The van der Waals surface area contributed by atoms with Crippen LogP contribution in [0.2, 0.25) is 5.02 Å². The van der Waals surface area contributed by atoms with Gasteiger partial charge in [-0.3, -0.25) is 9.69 Å². The predicted molar refractivity (Wildman–Crippen MR) is 95.1 cm³/mol. The van der Waals surface area contributed by atoms with E-state index in [9.17, 15) is 14.7 Å². The number of aliphatic hydroxyl groups is 1. The Morgan fingerprint density at radius 2 is 2.08 bits per heavy atom. The van der Waals surface area contributed by atoms with Crippen molar-refractivity contribution in [3.63, 3.8) is 0 Å². The second-order valence-electron chi connectivity index (χ2n) is 6.66. The van der Waals surface area contributed by atoms with E-state index in [-0.39, 0.29) is 18.9 Å². The number of nitrogens with zero attached hydrogens (tertiary/aromatic N) is 1. The number of anilines is 1. The molecule has 1 heterocycles. The van der Waals surface area contributed by atoms with E-state index in [0.29, 0.717) is 15.2 Å². The normalized spacial score (nSPS) is 20.8. The molecule has 1 unspecified atom stereocenters. The molecule has 2 N–H and O–H groups in total. The van der Waals surface area contributed by atoms with E-state index in [1.54, 1.807) is 39.0 Å². The van der Waals surface area contributed by atoms with Gasteiger partial charge in [0.25, 0.3) is 0 Å². The zero-order valence-corrected chi connectivity index (χ0v) is 16.0. The zero-order valence-electron chi connectivity index (χ0n) is 13.7. The van der Waals surface area contributed by atoms with Gasteiger partial charge in [0.1, 0.15) is 11.6 Å². The number of nitrogens with one attached hydrogen (secondary N) is 1. The van der Waals surface area contributed by atoms with Crippen LogP contribution < -0.4 is 5.32 Å². The maximum absolute atomic E-state index is 12.5. The summed E-state index contributed by atoms with van der Waals surface area (Å²) in [6, 6.07) is 4.19. The topological polar surface area (TPSA) is 78.9 Å². The van der Waals surface area contributed by atoms with E-state index >= 15 is 0 Å². The maximum Gasteiger partial charge on any atom is 0.411 e. The third kappa shape index (κ3) is 4.84. The van der Waals surface area contributed by atoms with E-state index in [2.05, 4.69) is 21.2 Å². The lowest BCUT2D eigenvalue weighted by molar-refractivity contribution is -0.120. The number of likely N-dealkylation sites (tertiary alicyclic amines) is 1. The number of hydrogen-bond donors (Lipinski definition) is 2. The lowest BCUT2D eigenvalue weighted by Crippen LogP contribution is -2.45. The van der Waals surface area contributed by atoms with Crippen LogP contribution in [0.5, 0.6) is 0 Å². The van der Waals surface area contributed by atoms with Gasteiger partial charge in [0.15, 0.2) is 0 Å². The monoisotopic (exact) mass is 418 g/mol. The number of halogens is 2. The quantitative estimate of drug-likeness (QED) is 0.770. The van der Waals surface area contributed by atoms with E-state index in [4.69, 9.17) is 16.3 Å². The Morgan fingerprint density at radius 3 is 2.67 bits per heavy atom. The minimum atomic E-state index is -0.788. The highest BCUT2D eigenvalue weighted by molar-refractivity contribution is 9.10. The van der Waals surface area contributed by atoms with Gasteiger partial charge in [-0.05, 0) is 54.9 Å². The minimum Gasteiger partial charge on any atom is -0.444 e. The van der Waals surface area contributed by atoms with Crippen LogP contribution in [0, 0.1) is 0 Å². The molecule has 1 fully saturated rings. The Balaban J connectivity index is 2.10. The highest BCUT2D eigenvalue weighted by Crippen LogP contribution is 2.27. The number of β-amino-alcohol motifs (C(OH)–C–C–N with tert-alkyl or cyclic N) is 1. The third-order valence-corrected chi connectivity index (χ3v) is 4.61. The zero-order chi connectivity index (χ0) is 18.1. The van der Waals surface area contributed by atoms with Crippen LogP contribution in [0.4, 0.5) is 10.5 Å². The molecular weight excluding hydrogens is 400 g/mol. The average Bonchev–Trinajstić information content (AvgIpc) is 2.83. The van der Waals surface area contributed by atoms with Gasteiger partial charge >= 0.3 is 6.09 Å². The first-order valence-electron chi connectivity index (χ1n) is 7.50. The maximum atomic E-state index is 12.5. The lowest BCUT2D eigenvalue weighted by Gasteiger charge is -2.27. The Kier molecular flexibility index (Phi) is 5.78. The van der Waals surface area contributed by atoms with Crippen LogP contribution in [0.3, 0.4) is 0 Å². The van der Waals surface area contributed by atoms with E-state index in [1.165, 1.54) is 4.90 Å². The first-order valence-corrected chi connectivity index (χ1v) is 8.67. The summed E-state index contributed by atoms with van der Waals surface area (Å²) in [5.74, 6) is -0.383. The summed E-state index contributed by atoms with van der Waals surface area (Å²) in [5.41, 5.74) is -0.131. The molecule has 24 heavy (non-hydrogen) atoms. The first-order chi connectivity index (χ1) is 11.1. The number of amides is 2. The Morgan fingerprint density at radius 1 is 1.42 bits per heavy atom. The summed E-state index contributed by atoms with van der Waals surface area (Å²) in [4.78, 5) is 26.0. The minimum absolute atomic E-state index is 0.0668. The molecule has 1 saturated heterocycles. The van der Waals surface area contributed by atoms with Gasteiger partial charge in [-0.1, -0.05) is 11.6 Å². The van der Waals surface area contributed by atoms with Crippen LogP contribution >= 0.6 is 27.5 Å². The predicted octanol–water partition coefficient (Wildman–Crippen LogP) is 3.41. The fourth-order valence-corrected chi connectivity index (χ4v) is 2.88. The third-order valence-electron chi connectivity index (χ3n) is 3.40. The standard InChI is InChI=1S/C16H20BrClN2O4/c1-16(2,3)24-15(23)20-8-10(21)7-13(20)14(22)19-9-4-5-12(18)11(17)6-9/h4-6,10,13,21H,7-8H2,1-3H3,(H,19,22)/t10?,13-/m0/s1. The molecule has 2 rings (SSSR count). The number of hydrogen-bond acceptors (Lipinski definition) is 4. The molecular formula is C16H20BrClN2O4. The Labute approximate surface area is 154 Å². The molecule has 1 aromatic rings. The van der Waals surface area contributed by atoms with Crippen LogP contribution in [0.1, 0.15) is 27.2 Å². The molecule has 0 aliphatic carbocycles. The van der Waals surface area contributed by atoms with Gasteiger partial charge in [-0.2, -0.15) is 0 Å². The molecule has 0 saturated carbocycles. The molecule has 2 atom stereocenters. The number of carbonyl (C=O) groups excluding carboxylic acids is 2. The molecule has 0 aromatic heterocycles. The van der Waals surface area contributed by atoms with Crippen LogP contribution in [-0.2, 0) is 9.53 Å². The summed E-state index contributed by atoms with van der Waals surface area (Å²) >= 11 is 9.22. The van der Waals surface area contributed by atoms with Crippen LogP contribution in [0.15, 0.2) is 22.7 Å². The van der Waals surface area contributed by atoms with E-state index < -0.39 is 23.8 Å². The molecule has 1 aromatic carbocycles. The molecule has 1 aliphatic rings. The molecule has 2 amide bonds. The van der Waals surface area contributed by atoms with Gasteiger partial charge in [-0.15, -0.1) is 0 Å². The molecule has 0 bridgehead atoms. The summed E-state index contributed by atoms with van der Waals surface area (Å²) in [6.45, 7) is 5.31. The van der Waals surface area contributed by atoms with Gasteiger partial charge in [0.05, 0.1) is 17.7 Å². The van der Waals surface area contributed by atoms with E-state index in [1.807, 2.05) is 0 Å². The molecule has 6 nitrogen and oxygen atoms in total. The Hall–Kier alpha value is -1.31. The van der Waals surface area contributed by atoms with Crippen molar-refractivity contribution in [3.05, 3.63) is 27.7 Å². The fraction of sp³-hybridized carbons (Fsp3) is 0.500. The lowest BCUT2D eigenvalue weighted by atomic mass is 10.2. The number of carbonyl (C=O) groups is 2. The van der Waals surface area contributed by atoms with Crippen molar-refractivity contribution in [3.8, 4) is 0 Å².